The van der Waals surface area contributed by atoms with Gasteiger partial charge < -0.3 is 4.90 Å². The molecule has 4 nitrogen and oxygen atoms in total. The van der Waals surface area contributed by atoms with Crippen LogP contribution in [0.15, 0.2) is 18.2 Å². The van der Waals surface area contributed by atoms with Crippen LogP contribution in [0, 0.1) is 29.1 Å². The van der Waals surface area contributed by atoms with Crippen molar-refractivity contribution in [1.82, 2.24) is 9.88 Å². The van der Waals surface area contributed by atoms with E-state index in [0.29, 0.717) is 5.78 Å². The topological polar surface area (TPSA) is 36.4 Å². The summed E-state index contributed by atoms with van der Waals surface area (Å²) in [5.74, 6) is 3.54. The van der Waals surface area contributed by atoms with E-state index in [9.17, 15) is 9.18 Å². The van der Waals surface area contributed by atoms with Crippen LogP contribution in [0.4, 0.5) is 10.2 Å². The quantitative estimate of drug-likeness (QED) is 0.458. The summed E-state index contributed by atoms with van der Waals surface area (Å²) in [5.41, 5.74) is 0.0933. The first kappa shape index (κ1) is 20.4. The molecule has 30 heavy (non-hydrogen) atoms. The Balaban J connectivity index is 0.997. The number of unbranched alkanes of at least 4 members (excludes halogenated alkanes) is 2. The Labute approximate surface area is 180 Å². The Kier molecular flexibility index (Phi) is 5.83. The lowest BCUT2D eigenvalue weighted by molar-refractivity contribution is -0.144. The molecule has 0 aromatic carbocycles. The van der Waals surface area contributed by atoms with Gasteiger partial charge in [-0.05, 0) is 87.8 Å². The largest absolute Gasteiger partial charge is 0.354 e. The Morgan fingerprint density at radius 1 is 0.967 bits per heavy atom. The number of nitrogens with zero attached hydrogens (tertiary/aromatic N) is 3. The van der Waals surface area contributed by atoms with Gasteiger partial charge >= 0.3 is 0 Å². The van der Waals surface area contributed by atoms with E-state index in [2.05, 4.69) is 14.8 Å². The molecule has 0 radical (unpaired) electrons. The van der Waals surface area contributed by atoms with Gasteiger partial charge in [0.25, 0.3) is 0 Å². The van der Waals surface area contributed by atoms with Crippen molar-refractivity contribution < 1.29 is 9.18 Å². The predicted molar refractivity (Wildman–Crippen MR) is 117 cm³/mol. The van der Waals surface area contributed by atoms with E-state index in [1.165, 1.54) is 51.0 Å². The van der Waals surface area contributed by atoms with Crippen molar-refractivity contribution in [3.05, 3.63) is 24.1 Å². The fourth-order valence-corrected chi connectivity index (χ4v) is 7.29. The van der Waals surface area contributed by atoms with Crippen LogP contribution in [-0.4, -0.2) is 48.4 Å². The SMILES string of the molecule is O=C(CCCCCN1CCN(c2cccc(F)n2)CC1)C12CC3CC(CC(C3)C1)C2. The number of halogens is 1. The first-order valence-electron chi connectivity index (χ1n) is 12.2. The number of carbonyl (C=O) groups excluding carboxylic acids is 1. The zero-order chi connectivity index (χ0) is 20.6. The van der Waals surface area contributed by atoms with Crippen LogP contribution in [0.3, 0.4) is 0 Å². The van der Waals surface area contributed by atoms with E-state index in [0.717, 1.165) is 75.6 Å². The molecule has 1 aromatic rings. The second-order valence-corrected chi connectivity index (χ2v) is 10.6. The monoisotopic (exact) mass is 413 g/mol. The van der Waals surface area contributed by atoms with Gasteiger partial charge in [-0.1, -0.05) is 12.5 Å². The Morgan fingerprint density at radius 3 is 2.27 bits per heavy atom. The minimum absolute atomic E-state index is 0.0933. The van der Waals surface area contributed by atoms with Crippen molar-refractivity contribution >= 4 is 11.6 Å². The average Bonchev–Trinajstić information content (AvgIpc) is 2.73. The number of carbonyl (C=O) groups is 1. The van der Waals surface area contributed by atoms with Crippen molar-refractivity contribution in [2.75, 3.05) is 37.6 Å². The lowest BCUT2D eigenvalue weighted by atomic mass is 9.48. The van der Waals surface area contributed by atoms with E-state index in [-0.39, 0.29) is 5.41 Å². The summed E-state index contributed by atoms with van der Waals surface area (Å²) < 4.78 is 13.3. The second-order valence-electron chi connectivity index (χ2n) is 10.6. The summed E-state index contributed by atoms with van der Waals surface area (Å²) in [4.78, 5) is 21.8. The molecule has 0 unspecified atom stereocenters. The second kappa shape index (κ2) is 8.57. The van der Waals surface area contributed by atoms with Crippen molar-refractivity contribution in [3.63, 3.8) is 0 Å². The van der Waals surface area contributed by atoms with Gasteiger partial charge in [0.15, 0.2) is 0 Å². The summed E-state index contributed by atoms with van der Waals surface area (Å²) in [6.45, 7) is 4.92. The zero-order valence-corrected chi connectivity index (χ0v) is 18.2. The van der Waals surface area contributed by atoms with Gasteiger partial charge in [0.2, 0.25) is 5.95 Å². The number of anilines is 1. The number of hydrogen-bond donors (Lipinski definition) is 0. The van der Waals surface area contributed by atoms with Crippen molar-refractivity contribution in [1.29, 1.82) is 0 Å². The summed E-state index contributed by atoms with van der Waals surface area (Å²) in [7, 11) is 0. The molecule has 5 fully saturated rings. The van der Waals surface area contributed by atoms with E-state index in [1.807, 2.05) is 6.07 Å². The summed E-state index contributed by atoms with van der Waals surface area (Å²) in [6.07, 6.45) is 12.1. The minimum atomic E-state index is -0.405. The molecule has 5 aliphatic rings. The van der Waals surface area contributed by atoms with Gasteiger partial charge in [0, 0.05) is 38.0 Å². The fraction of sp³-hybridized carbons (Fsp3) is 0.760. The number of Topliss-reactive ketones (excluding diaryl/α,β-unsaturated/α-hetero) is 1. The van der Waals surface area contributed by atoms with Gasteiger partial charge in [-0.3, -0.25) is 9.69 Å². The van der Waals surface area contributed by atoms with Crippen LogP contribution >= 0.6 is 0 Å². The highest BCUT2D eigenvalue weighted by Crippen LogP contribution is 2.60. The molecule has 5 heteroatoms. The van der Waals surface area contributed by atoms with Crippen molar-refractivity contribution in [2.24, 2.45) is 23.2 Å². The average molecular weight is 414 g/mol. The maximum absolute atomic E-state index is 13.3. The first-order chi connectivity index (χ1) is 14.6. The van der Waals surface area contributed by atoms with Gasteiger partial charge in [-0.15, -0.1) is 0 Å². The molecule has 4 saturated carbocycles. The molecule has 4 aliphatic carbocycles. The third kappa shape index (κ3) is 4.28. The minimum Gasteiger partial charge on any atom is -0.354 e. The van der Waals surface area contributed by atoms with Crippen molar-refractivity contribution in [2.45, 2.75) is 64.2 Å². The number of aromatic nitrogens is 1. The highest BCUT2D eigenvalue weighted by atomic mass is 19.1. The number of piperazine rings is 1. The predicted octanol–water partition coefficient (Wildman–Crippen LogP) is 4.69. The molecule has 6 rings (SSSR count). The fourth-order valence-electron chi connectivity index (χ4n) is 7.29. The molecule has 164 valence electrons. The molecule has 0 N–H and O–H groups in total. The van der Waals surface area contributed by atoms with Crippen molar-refractivity contribution in [3.8, 4) is 0 Å². The lowest BCUT2D eigenvalue weighted by Crippen LogP contribution is -2.50. The molecule has 1 aromatic heterocycles. The van der Waals surface area contributed by atoms with Crippen LogP contribution in [-0.2, 0) is 4.79 Å². The van der Waals surface area contributed by atoms with Crippen LogP contribution in [0.5, 0.6) is 0 Å². The highest BCUT2D eigenvalue weighted by Gasteiger charge is 2.53. The van der Waals surface area contributed by atoms with Gasteiger partial charge in [-0.2, -0.15) is 4.39 Å². The summed E-state index contributed by atoms with van der Waals surface area (Å²) in [6, 6.07) is 5.02. The smallest absolute Gasteiger partial charge is 0.214 e. The van der Waals surface area contributed by atoms with E-state index in [4.69, 9.17) is 0 Å². The molecule has 4 bridgehead atoms. The Morgan fingerprint density at radius 2 is 1.63 bits per heavy atom. The molecule has 0 atom stereocenters. The van der Waals surface area contributed by atoms with Gasteiger partial charge in [-0.25, -0.2) is 4.98 Å². The summed E-state index contributed by atoms with van der Waals surface area (Å²) in [5, 5.41) is 0. The molecule has 0 spiro atoms. The number of ketones is 1. The maximum Gasteiger partial charge on any atom is 0.214 e. The molecule has 2 heterocycles. The highest BCUT2D eigenvalue weighted by molar-refractivity contribution is 5.85. The number of hydrogen-bond acceptors (Lipinski definition) is 4. The van der Waals surface area contributed by atoms with E-state index < -0.39 is 5.95 Å². The maximum atomic E-state index is 13.3. The first-order valence-corrected chi connectivity index (χ1v) is 12.2. The molecule has 1 saturated heterocycles. The van der Waals surface area contributed by atoms with Gasteiger partial charge in [0.1, 0.15) is 11.6 Å². The zero-order valence-electron chi connectivity index (χ0n) is 18.2. The molecular weight excluding hydrogens is 377 g/mol. The molecule has 1 aliphatic heterocycles. The Hall–Kier alpha value is -1.49. The third-order valence-corrected chi connectivity index (χ3v) is 8.40. The van der Waals surface area contributed by atoms with Crippen LogP contribution in [0.25, 0.3) is 0 Å². The number of pyridine rings is 1. The third-order valence-electron chi connectivity index (χ3n) is 8.40. The van der Waals surface area contributed by atoms with E-state index >= 15 is 0 Å². The summed E-state index contributed by atoms with van der Waals surface area (Å²) >= 11 is 0. The van der Waals surface area contributed by atoms with Gasteiger partial charge in [0.05, 0.1) is 0 Å². The van der Waals surface area contributed by atoms with Crippen LogP contribution < -0.4 is 4.90 Å². The van der Waals surface area contributed by atoms with Crippen LogP contribution in [0.1, 0.15) is 64.2 Å². The Bertz CT molecular complexity index is 723. The normalized spacial score (nSPS) is 33.2. The standard InChI is InChI=1S/C25H36FN3O/c26-23-6-4-7-24(27-23)29-11-9-28(10-12-29)8-3-1-2-5-22(30)25-16-19-13-20(17-25)15-21(14-19)18-25/h4,6-7,19-21H,1-3,5,8-18H2. The lowest BCUT2D eigenvalue weighted by Gasteiger charge is -2.56. The van der Waals surface area contributed by atoms with E-state index in [1.54, 1.807) is 6.07 Å². The van der Waals surface area contributed by atoms with Crippen LogP contribution in [0.2, 0.25) is 0 Å². The molecule has 0 amide bonds. The number of rotatable bonds is 8. The molecular formula is C25H36FN3O.